The first kappa shape index (κ1) is 13.6. The van der Waals surface area contributed by atoms with Gasteiger partial charge in [0.05, 0.1) is 0 Å². The van der Waals surface area contributed by atoms with E-state index < -0.39 is 0 Å². The van der Waals surface area contributed by atoms with Gasteiger partial charge in [0.15, 0.2) is 0 Å². The molecule has 0 heterocycles. The zero-order valence-electron chi connectivity index (χ0n) is 11.7. The van der Waals surface area contributed by atoms with Gasteiger partial charge >= 0.3 is 0 Å². The summed E-state index contributed by atoms with van der Waals surface area (Å²) in [6.07, 6.45) is 5.45. The molecule has 2 heteroatoms. The van der Waals surface area contributed by atoms with Crippen molar-refractivity contribution >= 4 is 0 Å². The molecule has 18 heavy (non-hydrogen) atoms. The lowest BCUT2D eigenvalue weighted by atomic mass is 9.98. The predicted octanol–water partition coefficient (Wildman–Crippen LogP) is 3.26. The molecule has 1 unspecified atom stereocenters. The summed E-state index contributed by atoms with van der Waals surface area (Å²) < 4.78 is 0. The number of aryl methyl sites for hydroxylation is 1. The lowest BCUT2D eigenvalue weighted by Gasteiger charge is -2.36. The largest absolute Gasteiger partial charge is 0.329 e. The van der Waals surface area contributed by atoms with E-state index >= 15 is 0 Å². The molecule has 0 spiro atoms. The summed E-state index contributed by atoms with van der Waals surface area (Å²) >= 11 is 0. The van der Waals surface area contributed by atoms with Crippen molar-refractivity contribution in [2.24, 2.45) is 5.73 Å². The lowest BCUT2D eigenvalue weighted by Crippen LogP contribution is -2.40. The van der Waals surface area contributed by atoms with Gasteiger partial charge in [0.25, 0.3) is 0 Å². The molecule has 0 amide bonds. The van der Waals surface area contributed by atoms with Crippen LogP contribution >= 0.6 is 0 Å². The van der Waals surface area contributed by atoms with Crippen molar-refractivity contribution in [1.29, 1.82) is 0 Å². The van der Waals surface area contributed by atoms with Gasteiger partial charge in [-0.25, -0.2) is 0 Å². The van der Waals surface area contributed by atoms with Crippen LogP contribution in [-0.4, -0.2) is 24.0 Å². The van der Waals surface area contributed by atoms with E-state index in [0.717, 1.165) is 19.1 Å². The Balaban J connectivity index is 2.23. The van der Waals surface area contributed by atoms with E-state index in [4.69, 9.17) is 5.73 Å². The molecular formula is C16H26N2. The number of nitrogens with two attached hydrogens (primary N) is 1. The molecule has 100 valence electrons. The van der Waals surface area contributed by atoms with Crippen molar-refractivity contribution < 1.29 is 0 Å². The van der Waals surface area contributed by atoms with Crippen molar-refractivity contribution in [2.75, 3.05) is 13.1 Å². The van der Waals surface area contributed by atoms with Gasteiger partial charge in [-0.05, 0) is 37.4 Å². The first-order valence-electron chi connectivity index (χ1n) is 7.29. The Kier molecular flexibility index (Phi) is 4.79. The van der Waals surface area contributed by atoms with Gasteiger partial charge in [0.2, 0.25) is 0 Å². The molecule has 0 saturated heterocycles. The molecule has 0 aliphatic heterocycles. The second-order valence-corrected chi connectivity index (χ2v) is 5.38. The lowest BCUT2D eigenvalue weighted by molar-refractivity contribution is 0.147. The minimum Gasteiger partial charge on any atom is -0.329 e. The molecule has 1 fully saturated rings. The van der Waals surface area contributed by atoms with E-state index in [1.165, 1.54) is 36.8 Å². The zero-order chi connectivity index (χ0) is 13.0. The maximum absolute atomic E-state index is 6.08. The molecule has 0 bridgehead atoms. The van der Waals surface area contributed by atoms with Crippen molar-refractivity contribution in [3.8, 4) is 0 Å². The van der Waals surface area contributed by atoms with Gasteiger partial charge in [-0.1, -0.05) is 44.0 Å². The zero-order valence-corrected chi connectivity index (χ0v) is 11.7. The van der Waals surface area contributed by atoms with E-state index in [9.17, 15) is 0 Å². The third-order valence-corrected chi connectivity index (χ3v) is 4.33. The van der Waals surface area contributed by atoms with E-state index in [0.29, 0.717) is 6.04 Å². The van der Waals surface area contributed by atoms with Crippen LogP contribution in [0.1, 0.15) is 49.8 Å². The van der Waals surface area contributed by atoms with E-state index in [-0.39, 0.29) is 0 Å². The fourth-order valence-corrected chi connectivity index (χ4v) is 3.37. The Morgan fingerprint density at radius 2 is 1.94 bits per heavy atom. The van der Waals surface area contributed by atoms with Crippen molar-refractivity contribution in [2.45, 2.75) is 51.6 Å². The highest BCUT2D eigenvalue weighted by Crippen LogP contribution is 2.31. The second kappa shape index (κ2) is 6.35. The van der Waals surface area contributed by atoms with Crippen LogP contribution in [0, 0.1) is 6.92 Å². The smallest absolute Gasteiger partial charge is 0.0475 e. The molecule has 1 aliphatic carbocycles. The van der Waals surface area contributed by atoms with E-state index in [2.05, 4.69) is 43.0 Å². The Morgan fingerprint density at radius 1 is 1.28 bits per heavy atom. The van der Waals surface area contributed by atoms with Crippen LogP contribution < -0.4 is 5.73 Å². The molecule has 2 nitrogen and oxygen atoms in total. The maximum Gasteiger partial charge on any atom is 0.0475 e. The summed E-state index contributed by atoms with van der Waals surface area (Å²) in [5.74, 6) is 0. The van der Waals surface area contributed by atoms with Crippen LogP contribution in [0.3, 0.4) is 0 Å². The molecule has 0 aromatic heterocycles. The average Bonchev–Trinajstić information content (AvgIpc) is 2.90. The second-order valence-electron chi connectivity index (χ2n) is 5.38. The van der Waals surface area contributed by atoms with E-state index in [1.807, 2.05) is 0 Å². The predicted molar refractivity (Wildman–Crippen MR) is 77.6 cm³/mol. The Labute approximate surface area is 111 Å². The van der Waals surface area contributed by atoms with Gasteiger partial charge in [-0.15, -0.1) is 0 Å². The van der Waals surface area contributed by atoms with Crippen LogP contribution in [0.25, 0.3) is 0 Å². The molecule has 1 aromatic rings. The quantitative estimate of drug-likeness (QED) is 0.864. The molecule has 2 N–H and O–H groups in total. The van der Waals surface area contributed by atoms with Gasteiger partial charge in [0.1, 0.15) is 0 Å². The van der Waals surface area contributed by atoms with Crippen molar-refractivity contribution in [3.63, 3.8) is 0 Å². The van der Waals surface area contributed by atoms with Crippen LogP contribution in [0.2, 0.25) is 0 Å². The van der Waals surface area contributed by atoms with Crippen LogP contribution in [0.5, 0.6) is 0 Å². The normalized spacial score (nSPS) is 18.4. The molecule has 0 radical (unpaired) electrons. The molecule has 1 atom stereocenters. The van der Waals surface area contributed by atoms with Crippen LogP contribution in [0.15, 0.2) is 24.3 Å². The van der Waals surface area contributed by atoms with Gasteiger partial charge < -0.3 is 5.73 Å². The number of hydrogen-bond acceptors (Lipinski definition) is 2. The first-order valence-corrected chi connectivity index (χ1v) is 7.29. The van der Waals surface area contributed by atoms with Crippen LogP contribution in [-0.2, 0) is 0 Å². The molecule has 1 saturated carbocycles. The highest BCUT2D eigenvalue weighted by molar-refractivity contribution is 5.29. The Morgan fingerprint density at radius 3 is 2.50 bits per heavy atom. The molecule has 1 aliphatic rings. The van der Waals surface area contributed by atoms with Gasteiger partial charge in [0, 0.05) is 18.6 Å². The number of likely N-dealkylation sites (N-methyl/N-ethyl adjacent to an activating group) is 1. The number of nitrogens with zero attached hydrogens (tertiary/aromatic N) is 1. The summed E-state index contributed by atoms with van der Waals surface area (Å²) in [6, 6.07) is 9.80. The number of benzene rings is 1. The fraction of sp³-hybridized carbons (Fsp3) is 0.625. The monoisotopic (exact) mass is 246 g/mol. The third kappa shape index (κ3) is 2.76. The highest BCUT2D eigenvalue weighted by atomic mass is 15.2. The minimum absolute atomic E-state index is 0.388. The highest BCUT2D eigenvalue weighted by Gasteiger charge is 2.28. The topological polar surface area (TPSA) is 29.3 Å². The third-order valence-electron chi connectivity index (χ3n) is 4.33. The van der Waals surface area contributed by atoms with Crippen molar-refractivity contribution in [3.05, 3.63) is 35.4 Å². The molecule has 1 aromatic carbocycles. The standard InChI is InChI=1S/C16H26N2/c1-3-18(14-9-5-6-10-14)16(12-17)15-11-7-4-8-13(15)2/h4,7-8,11,14,16H,3,5-6,9-10,12,17H2,1-2H3. The summed E-state index contributed by atoms with van der Waals surface area (Å²) in [5, 5.41) is 0. The molecule has 2 rings (SSSR count). The summed E-state index contributed by atoms with van der Waals surface area (Å²) in [7, 11) is 0. The fourth-order valence-electron chi connectivity index (χ4n) is 3.37. The Bertz CT molecular complexity index is 369. The summed E-state index contributed by atoms with van der Waals surface area (Å²) in [4.78, 5) is 2.62. The van der Waals surface area contributed by atoms with E-state index in [1.54, 1.807) is 0 Å². The first-order chi connectivity index (χ1) is 8.77. The van der Waals surface area contributed by atoms with Gasteiger partial charge in [-0.2, -0.15) is 0 Å². The number of hydrogen-bond donors (Lipinski definition) is 1. The van der Waals surface area contributed by atoms with Gasteiger partial charge in [-0.3, -0.25) is 4.90 Å². The van der Waals surface area contributed by atoms with Crippen LogP contribution in [0.4, 0.5) is 0 Å². The molecular weight excluding hydrogens is 220 g/mol. The maximum atomic E-state index is 6.08. The number of rotatable bonds is 5. The minimum atomic E-state index is 0.388. The SMILES string of the molecule is CCN(C1CCCC1)C(CN)c1ccccc1C. The van der Waals surface area contributed by atoms with Crippen molar-refractivity contribution in [1.82, 2.24) is 4.90 Å². The average molecular weight is 246 g/mol. The Hall–Kier alpha value is -0.860. The summed E-state index contributed by atoms with van der Waals surface area (Å²) in [5.41, 5.74) is 8.85. The summed E-state index contributed by atoms with van der Waals surface area (Å²) in [6.45, 7) is 6.27.